The number of benzene rings is 2. The number of nitrogens with zero attached hydrogens (tertiary/aromatic N) is 2. The summed E-state index contributed by atoms with van der Waals surface area (Å²) in [5.74, 6) is 2.34. The first-order valence-electron chi connectivity index (χ1n) is 9.27. The van der Waals surface area contributed by atoms with Gasteiger partial charge in [0.05, 0.1) is 32.9 Å². The molecule has 0 spiro atoms. The molecule has 3 rings (SSSR count). The van der Waals surface area contributed by atoms with Gasteiger partial charge in [-0.3, -0.25) is 4.79 Å². The summed E-state index contributed by atoms with van der Waals surface area (Å²) in [6.07, 6.45) is 0.304. The number of amides is 1. The molecule has 1 heterocycles. The normalized spacial score (nSPS) is 13.9. The van der Waals surface area contributed by atoms with E-state index in [4.69, 9.17) is 14.2 Å². The van der Waals surface area contributed by atoms with E-state index >= 15 is 0 Å². The maximum atomic E-state index is 12.5. The summed E-state index contributed by atoms with van der Waals surface area (Å²) in [5, 5.41) is 9.44. The van der Waals surface area contributed by atoms with Crippen LogP contribution in [0.2, 0.25) is 0 Å². The Bertz CT molecular complexity index is 803. The first-order valence-corrected chi connectivity index (χ1v) is 9.27. The van der Waals surface area contributed by atoms with Crippen molar-refractivity contribution in [2.75, 3.05) is 51.9 Å². The number of hydrogen-bond acceptors (Lipinski definition) is 6. The molecule has 7 nitrogen and oxygen atoms in total. The molecule has 0 bridgehead atoms. The maximum absolute atomic E-state index is 12.5. The largest absolute Gasteiger partial charge is 0.508 e. The van der Waals surface area contributed by atoms with E-state index in [0.717, 1.165) is 30.3 Å². The maximum Gasteiger partial charge on any atom is 0.226 e. The number of phenols is 1. The van der Waals surface area contributed by atoms with Gasteiger partial charge in [0.25, 0.3) is 0 Å². The van der Waals surface area contributed by atoms with Crippen LogP contribution in [0.25, 0.3) is 0 Å². The van der Waals surface area contributed by atoms with Gasteiger partial charge in [-0.1, -0.05) is 6.07 Å². The Labute approximate surface area is 165 Å². The van der Waals surface area contributed by atoms with Crippen molar-refractivity contribution in [1.29, 1.82) is 0 Å². The number of anilines is 1. The lowest BCUT2D eigenvalue weighted by atomic mass is 10.2. The van der Waals surface area contributed by atoms with Crippen LogP contribution in [-0.2, 0) is 4.79 Å². The summed E-state index contributed by atoms with van der Waals surface area (Å²) in [5.41, 5.74) is 0.973. The molecule has 1 saturated heterocycles. The summed E-state index contributed by atoms with van der Waals surface area (Å²) in [6.45, 7) is 3.02. The number of rotatable bonds is 7. The predicted molar refractivity (Wildman–Crippen MR) is 107 cm³/mol. The molecule has 7 heteroatoms. The van der Waals surface area contributed by atoms with Gasteiger partial charge >= 0.3 is 0 Å². The molecule has 0 unspecified atom stereocenters. The molecule has 28 heavy (non-hydrogen) atoms. The van der Waals surface area contributed by atoms with Crippen LogP contribution < -0.4 is 19.1 Å². The molecule has 0 aliphatic carbocycles. The van der Waals surface area contributed by atoms with Gasteiger partial charge in [0, 0.05) is 38.3 Å². The Kier molecular flexibility index (Phi) is 6.47. The van der Waals surface area contributed by atoms with Crippen molar-refractivity contribution < 1.29 is 24.1 Å². The molecule has 0 atom stereocenters. The first-order chi connectivity index (χ1) is 13.6. The standard InChI is InChI=1S/C21H26N2O5/c1-26-17-6-7-20(27-2)19(15-17)22-9-11-23(12-10-22)21(25)8-13-28-18-5-3-4-16(24)14-18/h3-7,14-15,24H,8-13H2,1-2H3. The molecule has 1 aliphatic rings. The van der Waals surface area contributed by atoms with Gasteiger partial charge in [-0.25, -0.2) is 0 Å². The molecular weight excluding hydrogens is 360 g/mol. The van der Waals surface area contributed by atoms with Crippen molar-refractivity contribution in [3.8, 4) is 23.0 Å². The third kappa shape index (κ3) is 4.79. The van der Waals surface area contributed by atoms with Crippen LogP contribution in [0.15, 0.2) is 42.5 Å². The number of aromatic hydroxyl groups is 1. The van der Waals surface area contributed by atoms with Gasteiger partial charge in [-0.15, -0.1) is 0 Å². The van der Waals surface area contributed by atoms with Crippen LogP contribution in [0.5, 0.6) is 23.0 Å². The fourth-order valence-electron chi connectivity index (χ4n) is 3.23. The zero-order chi connectivity index (χ0) is 19.9. The van der Waals surface area contributed by atoms with Crippen molar-refractivity contribution in [3.63, 3.8) is 0 Å². The number of hydrogen-bond donors (Lipinski definition) is 1. The third-order valence-corrected chi connectivity index (χ3v) is 4.76. The van der Waals surface area contributed by atoms with Crippen molar-refractivity contribution in [2.45, 2.75) is 6.42 Å². The minimum Gasteiger partial charge on any atom is -0.508 e. The van der Waals surface area contributed by atoms with Crippen LogP contribution in [0, 0.1) is 0 Å². The number of piperazine rings is 1. The van der Waals surface area contributed by atoms with Gasteiger partial charge in [0.2, 0.25) is 5.91 Å². The highest BCUT2D eigenvalue weighted by molar-refractivity contribution is 5.76. The van der Waals surface area contributed by atoms with Crippen LogP contribution in [0.1, 0.15) is 6.42 Å². The van der Waals surface area contributed by atoms with Gasteiger partial charge in [0.1, 0.15) is 23.0 Å². The third-order valence-electron chi connectivity index (χ3n) is 4.76. The molecular formula is C21H26N2O5. The molecule has 1 amide bonds. The topological polar surface area (TPSA) is 71.5 Å². The summed E-state index contributed by atoms with van der Waals surface area (Å²) in [7, 11) is 3.29. The summed E-state index contributed by atoms with van der Waals surface area (Å²) in [6, 6.07) is 12.3. The SMILES string of the molecule is COc1ccc(OC)c(N2CCN(C(=O)CCOc3cccc(O)c3)CC2)c1. The van der Waals surface area contributed by atoms with Crippen molar-refractivity contribution in [3.05, 3.63) is 42.5 Å². The molecule has 0 aromatic heterocycles. The Morgan fingerprint density at radius 1 is 1.00 bits per heavy atom. The summed E-state index contributed by atoms with van der Waals surface area (Å²) < 4.78 is 16.3. The molecule has 1 N–H and O–H groups in total. The van der Waals surface area contributed by atoms with E-state index in [0.29, 0.717) is 25.3 Å². The molecule has 1 aliphatic heterocycles. The highest BCUT2D eigenvalue weighted by Gasteiger charge is 2.23. The number of carbonyl (C=O) groups is 1. The molecule has 0 radical (unpaired) electrons. The van der Waals surface area contributed by atoms with Crippen LogP contribution >= 0.6 is 0 Å². The van der Waals surface area contributed by atoms with E-state index in [1.54, 1.807) is 32.4 Å². The Hall–Kier alpha value is -3.09. The van der Waals surface area contributed by atoms with Crippen molar-refractivity contribution >= 4 is 11.6 Å². The zero-order valence-corrected chi connectivity index (χ0v) is 16.3. The second-order valence-electron chi connectivity index (χ2n) is 6.50. The predicted octanol–water partition coefficient (Wildman–Crippen LogP) is 2.53. The number of ether oxygens (including phenoxy) is 3. The van der Waals surface area contributed by atoms with Crippen LogP contribution in [0.4, 0.5) is 5.69 Å². The summed E-state index contributed by atoms with van der Waals surface area (Å²) in [4.78, 5) is 16.5. The molecule has 2 aromatic carbocycles. The monoisotopic (exact) mass is 386 g/mol. The average molecular weight is 386 g/mol. The lowest BCUT2D eigenvalue weighted by molar-refractivity contribution is -0.132. The van der Waals surface area contributed by atoms with Crippen molar-refractivity contribution in [2.24, 2.45) is 0 Å². The second kappa shape index (κ2) is 9.21. The van der Waals surface area contributed by atoms with E-state index in [-0.39, 0.29) is 18.3 Å². The highest BCUT2D eigenvalue weighted by Crippen LogP contribution is 2.32. The molecule has 2 aromatic rings. The molecule has 150 valence electrons. The summed E-state index contributed by atoms with van der Waals surface area (Å²) >= 11 is 0. The minimum atomic E-state index is 0.0670. The molecule has 0 saturated carbocycles. The molecule has 1 fully saturated rings. The zero-order valence-electron chi connectivity index (χ0n) is 16.3. The van der Waals surface area contributed by atoms with Gasteiger partial charge < -0.3 is 29.1 Å². The van der Waals surface area contributed by atoms with E-state index in [1.165, 1.54) is 6.07 Å². The Balaban J connectivity index is 1.50. The van der Waals surface area contributed by atoms with E-state index in [9.17, 15) is 9.90 Å². The van der Waals surface area contributed by atoms with Gasteiger partial charge in [-0.2, -0.15) is 0 Å². The number of methoxy groups -OCH3 is 2. The quantitative estimate of drug-likeness (QED) is 0.789. The van der Waals surface area contributed by atoms with Crippen LogP contribution in [0.3, 0.4) is 0 Å². The van der Waals surface area contributed by atoms with E-state index < -0.39 is 0 Å². The minimum absolute atomic E-state index is 0.0670. The van der Waals surface area contributed by atoms with Gasteiger partial charge in [0.15, 0.2) is 0 Å². The fourth-order valence-corrected chi connectivity index (χ4v) is 3.23. The van der Waals surface area contributed by atoms with Crippen molar-refractivity contribution in [1.82, 2.24) is 4.90 Å². The van der Waals surface area contributed by atoms with E-state index in [2.05, 4.69) is 4.90 Å². The highest BCUT2D eigenvalue weighted by atomic mass is 16.5. The van der Waals surface area contributed by atoms with Gasteiger partial charge in [-0.05, 0) is 24.3 Å². The lowest BCUT2D eigenvalue weighted by Gasteiger charge is -2.36. The average Bonchev–Trinajstić information content (AvgIpc) is 2.73. The Morgan fingerprint density at radius 3 is 2.46 bits per heavy atom. The first kappa shape index (κ1) is 19.7. The van der Waals surface area contributed by atoms with E-state index in [1.807, 2.05) is 23.1 Å². The number of carbonyl (C=O) groups excluding carboxylic acids is 1. The van der Waals surface area contributed by atoms with Crippen LogP contribution in [-0.4, -0.2) is 62.9 Å². The number of phenolic OH excluding ortho intramolecular Hbond substituents is 1. The lowest BCUT2D eigenvalue weighted by Crippen LogP contribution is -2.49. The second-order valence-corrected chi connectivity index (χ2v) is 6.50. The Morgan fingerprint density at radius 2 is 1.79 bits per heavy atom. The fraction of sp³-hybridized carbons (Fsp3) is 0.381. The smallest absolute Gasteiger partial charge is 0.226 e.